The van der Waals surface area contributed by atoms with E-state index < -0.39 is 40.1 Å². The number of aromatic nitrogens is 4. The summed E-state index contributed by atoms with van der Waals surface area (Å²) >= 11 is 60.5. The second kappa shape index (κ2) is 62.2. The second-order valence-electron chi connectivity index (χ2n) is 37.4. The van der Waals surface area contributed by atoms with Crippen LogP contribution in [0.25, 0.3) is 90.9 Å². The third kappa shape index (κ3) is 36.0. The van der Waals surface area contributed by atoms with Crippen LogP contribution in [0.2, 0.25) is 40.2 Å². The van der Waals surface area contributed by atoms with E-state index in [2.05, 4.69) is 56.6 Å². The van der Waals surface area contributed by atoms with Crippen molar-refractivity contribution in [3.8, 4) is 44.5 Å². The van der Waals surface area contributed by atoms with E-state index in [0.717, 1.165) is 103 Å². The molecule has 754 valence electrons. The standard InChI is InChI=1S/C108H154Cl8N8O8S4/c1-5-9-13-17-21-25-29-33-37-41-45-49-53-57-77-117-133(125,126)93-73-61-81(109)97(105(93)113)101-85-65-67-87(121-85)102(98-82(110)62-74-94(106(98)114)134(127,128)118-78-58-54-50-46-42-38-34-30-26-22-18-14-10-6-2)89-69-71-91(123-89)104(100-84(112)64-76-96(108(100)116)136(131,132)120-80-60-56-52-48-44-40-36-32-28-24-20-16-12-8-4)92-72-70-90(124-92)103(88-68-66-86(101)122-88)99-83(111)63-75-95(107(99)115)135(129,130)119-79-59-55-51-47-43-39-35-31-27-23-19-15-11-7-3/h61-76,117-121,124H,5-60,77-80H2,1-4H3. The van der Waals surface area contributed by atoms with Crippen molar-refractivity contribution in [1.29, 1.82) is 0 Å². The van der Waals surface area contributed by atoms with Gasteiger partial charge in [-0.1, -0.05) is 454 Å². The van der Waals surface area contributed by atoms with Gasteiger partial charge in [-0.2, -0.15) is 0 Å². The fourth-order valence-electron chi connectivity index (χ4n) is 18.6. The minimum Gasteiger partial charge on any atom is -0.354 e. The molecular formula is C108H154Cl8N8O8S4. The summed E-state index contributed by atoms with van der Waals surface area (Å²) in [6, 6.07) is 18.1. The maximum absolute atomic E-state index is 14.9. The molecule has 7 aromatic rings. The number of hydrogen-bond acceptors (Lipinski definition) is 10. The molecule has 6 N–H and O–H groups in total. The number of fused-ring (bicyclic) bond motifs is 8. The van der Waals surface area contributed by atoms with Crippen molar-refractivity contribution in [1.82, 2.24) is 38.8 Å². The van der Waals surface area contributed by atoms with Gasteiger partial charge >= 0.3 is 0 Å². The minimum absolute atomic E-state index is 0.0278. The van der Waals surface area contributed by atoms with Crippen LogP contribution in [0.4, 0.5) is 0 Å². The van der Waals surface area contributed by atoms with Crippen LogP contribution in [0.5, 0.6) is 0 Å². The molecule has 0 saturated carbocycles. The smallest absolute Gasteiger partial charge is 0.242 e. The van der Waals surface area contributed by atoms with E-state index in [0.29, 0.717) is 25.7 Å². The Labute approximate surface area is 857 Å². The van der Waals surface area contributed by atoms with E-state index in [1.54, 1.807) is 48.6 Å². The summed E-state index contributed by atoms with van der Waals surface area (Å²) in [5, 5.41) is -0.870. The number of sulfonamides is 4. The highest BCUT2D eigenvalue weighted by atomic mass is 35.5. The number of nitrogens with zero attached hydrogens (tertiary/aromatic N) is 2. The molecular weight excluding hydrogens is 1950 g/mol. The maximum Gasteiger partial charge on any atom is 0.242 e. The number of aromatic amines is 2. The van der Waals surface area contributed by atoms with Crippen molar-refractivity contribution >= 4 is 179 Å². The molecule has 5 heterocycles. The van der Waals surface area contributed by atoms with Crippen molar-refractivity contribution in [2.24, 2.45) is 0 Å². The number of unbranched alkanes of at least 4 members (excludes halogenated alkanes) is 52. The highest BCUT2D eigenvalue weighted by molar-refractivity contribution is 7.90. The maximum atomic E-state index is 14.9. The molecule has 0 saturated heterocycles. The van der Waals surface area contributed by atoms with Crippen molar-refractivity contribution in [3.63, 3.8) is 0 Å². The first-order valence-corrected chi connectivity index (χ1v) is 60.9. The van der Waals surface area contributed by atoms with E-state index in [-0.39, 0.29) is 175 Å². The van der Waals surface area contributed by atoms with Crippen LogP contribution in [0.1, 0.15) is 410 Å². The molecule has 16 nitrogen and oxygen atoms in total. The lowest BCUT2D eigenvalue weighted by atomic mass is 10.0. The largest absolute Gasteiger partial charge is 0.354 e. The second-order valence-corrected chi connectivity index (χ2v) is 47.5. The predicted octanol–water partition coefficient (Wildman–Crippen LogP) is 35.6. The van der Waals surface area contributed by atoms with Gasteiger partial charge in [0.2, 0.25) is 40.1 Å². The lowest BCUT2D eigenvalue weighted by molar-refractivity contribution is 0.533. The van der Waals surface area contributed by atoms with Crippen molar-refractivity contribution in [2.75, 3.05) is 26.2 Å². The van der Waals surface area contributed by atoms with E-state index in [1.165, 1.54) is 280 Å². The van der Waals surface area contributed by atoms with Crippen LogP contribution < -0.4 is 18.9 Å². The predicted molar refractivity (Wildman–Crippen MR) is 583 cm³/mol. The molecule has 8 bridgehead atoms. The molecule has 0 aliphatic carbocycles. The summed E-state index contributed by atoms with van der Waals surface area (Å²) in [4.78, 5) is 16.9. The van der Waals surface area contributed by atoms with Gasteiger partial charge in [-0.25, -0.2) is 62.5 Å². The van der Waals surface area contributed by atoms with Gasteiger partial charge in [-0.05, 0) is 123 Å². The van der Waals surface area contributed by atoms with E-state index in [1.807, 2.05) is 0 Å². The number of halogens is 8. The molecule has 2 aliphatic heterocycles. The summed E-state index contributed by atoms with van der Waals surface area (Å²) in [6.45, 7) is 9.54. The van der Waals surface area contributed by atoms with Crippen molar-refractivity contribution in [2.45, 2.75) is 407 Å². The van der Waals surface area contributed by atoms with Crippen LogP contribution in [0.15, 0.2) is 92.4 Å². The number of H-pyrrole nitrogens is 2. The Morgan fingerprint density at radius 1 is 0.206 bits per heavy atom. The number of hydrogen-bond donors (Lipinski definition) is 6. The quantitative estimate of drug-likeness (QED) is 0.0197. The van der Waals surface area contributed by atoms with Gasteiger partial charge < -0.3 is 9.97 Å². The topological polar surface area (TPSA) is 242 Å². The van der Waals surface area contributed by atoms with Crippen LogP contribution in [0, 0.1) is 0 Å². The lowest BCUT2D eigenvalue weighted by Crippen LogP contribution is -2.25. The van der Waals surface area contributed by atoms with Crippen LogP contribution in [-0.4, -0.2) is 79.8 Å². The Balaban J connectivity index is 1.16. The van der Waals surface area contributed by atoms with E-state index in [9.17, 15) is 33.7 Å². The van der Waals surface area contributed by atoms with Crippen LogP contribution in [0.3, 0.4) is 0 Å². The fraction of sp³-hybridized carbons (Fsp3) is 0.593. The average Bonchev–Trinajstić information content (AvgIpc) is 1.58. The summed E-state index contributed by atoms with van der Waals surface area (Å²) < 4.78 is 130. The Morgan fingerprint density at radius 2 is 0.353 bits per heavy atom. The van der Waals surface area contributed by atoms with Gasteiger partial charge in [0.15, 0.2) is 0 Å². The van der Waals surface area contributed by atoms with Gasteiger partial charge in [0.05, 0.1) is 63.0 Å². The summed E-state index contributed by atoms with van der Waals surface area (Å²) in [5.41, 5.74) is 2.51. The molecule has 0 radical (unpaired) electrons. The molecule has 9 rings (SSSR count). The highest BCUT2D eigenvalue weighted by Gasteiger charge is 2.33. The first-order chi connectivity index (χ1) is 65.8. The molecule has 0 amide bonds. The number of nitrogens with one attached hydrogen (secondary N) is 6. The molecule has 0 fully saturated rings. The normalized spacial score (nSPS) is 12.6. The van der Waals surface area contributed by atoms with Crippen LogP contribution >= 0.6 is 92.8 Å². The molecule has 28 heteroatoms. The number of rotatable bonds is 72. The first kappa shape index (κ1) is 115. The molecule has 0 unspecified atom stereocenters. The van der Waals surface area contributed by atoms with E-state index in [4.69, 9.17) is 103 Å². The molecule has 3 aromatic heterocycles. The van der Waals surface area contributed by atoms with Crippen molar-refractivity contribution in [3.05, 3.63) is 136 Å². The zero-order valence-corrected chi connectivity index (χ0v) is 90.8. The average molecular weight is 2100 g/mol. The lowest BCUT2D eigenvalue weighted by Gasteiger charge is -2.15. The van der Waals surface area contributed by atoms with Gasteiger partial charge in [0.25, 0.3) is 0 Å². The molecule has 0 spiro atoms. The van der Waals surface area contributed by atoms with Gasteiger partial charge in [-0.3, -0.25) is 0 Å². The summed E-state index contributed by atoms with van der Waals surface area (Å²) in [6.07, 6.45) is 70.6. The van der Waals surface area contributed by atoms with Gasteiger partial charge in [-0.15, -0.1) is 0 Å². The Kier molecular flexibility index (Phi) is 52.6. The molecule has 136 heavy (non-hydrogen) atoms. The Morgan fingerprint density at radius 3 is 0.507 bits per heavy atom. The van der Waals surface area contributed by atoms with Crippen LogP contribution in [-0.2, 0) is 40.1 Å². The third-order valence-corrected chi connectivity index (χ3v) is 35.7. The zero-order chi connectivity index (χ0) is 97.6. The molecule has 4 aromatic carbocycles. The summed E-state index contributed by atoms with van der Waals surface area (Å²) in [5.74, 6) is 0. The zero-order valence-electron chi connectivity index (χ0n) is 81.5. The first-order valence-electron chi connectivity index (χ1n) is 51.9. The fourth-order valence-corrected chi connectivity index (χ4v) is 26.6. The van der Waals surface area contributed by atoms with E-state index >= 15 is 0 Å². The van der Waals surface area contributed by atoms with Crippen molar-refractivity contribution < 1.29 is 33.7 Å². The number of benzene rings is 4. The minimum atomic E-state index is -4.36. The molecule has 2 aliphatic rings. The SMILES string of the molecule is CCCCCCCCCCCCCCCCNS(=O)(=O)c1ccc(Cl)c(-c2c3nc(c(-c4c(Cl)ccc(S(=O)(=O)NCCCCCCCCCCCCCCCC)c4Cl)c4ccc([nH]4)c(-c4c(Cl)ccc(S(=O)(=O)NCCCCCCCCCCCCCCCC)c4Cl)c4nc(c(-c5c(Cl)ccc(S(=O)(=O)NCCCCCCCCCCCCCCCC)c5Cl)c5ccc2[nH]5)C=C4)C=C3)c1Cl. The highest BCUT2D eigenvalue weighted by Crippen LogP contribution is 2.50. The Bertz CT molecular complexity index is 4940. The summed E-state index contributed by atoms with van der Waals surface area (Å²) in [7, 11) is -17.4. The third-order valence-electron chi connectivity index (χ3n) is 26.4. The Hall–Kier alpha value is -4.56. The monoisotopic (exact) mass is 2100 g/mol. The van der Waals surface area contributed by atoms with Gasteiger partial charge in [0, 0.05) is 92.8 Å². The molecule has 0 atom stereocenters. The van der Waals surface area contributed by atoms with Gasteiger partial charge in [0.1, 0.15) is 19.6 Å².